The third-order valence-electron chi connectivity index (χ3n) is 8.16. The standard InChI is InChI=1S/C35H22N4O/c40-35-38-28-17-9-7-15-26(28)36(24-11-3-1-4-12-24)30-21-19-23-20-22-31-34(32(23)33(30)38)39(35)29-18-10-8-16-27(29)37(31)25-13-5-2-6-14-25/h1-22H. The molecule has 6 aromatic carbocycles. The Morgan fingerprint density at radius 3 is 1.23 bits per heavy atom. The van der Waals surface area contributed by atoms with E-state index >= 15 is 0 Å². The first-order valence-corrected chi connectivity index (χ1v) is 13.4. The maximum absolute atomic E-state index is 14.8. The fourth-order valence-electron chi connectivity index (χ4n) is 6.57. The summed E-state index contributed by atoms with van der Waals surface area (Å²) >= 11 is 0. The number of hydrogen-bond acceptors (Lipinski definition) is 1. The summed E-state index contributed by atoms with van der Waals surface area (Å²) in [6, 6.07) is 45.8. The second-order valence-corrected chi connectivity index (χ2v) is 10.2. The molecule has 9 aromatic rings. The molecule has 0 bridgehead atoms. The Morgan fingerprint density at radius 2 is 0.775 bits per heavy atom. The molecule has 9 rings (SSSR count). The highest BCUT2D eigenvalue weighted by Crippen LogP contribution is 2.38. The number of aromatic nitrogens is 4. The zero-order valence-corrected chi connectivity index (χ0v) is 21.4. The van der Waals surface area contributed by atoms with Crippen LogP contribution in [0.5, 0.6) is 0 Å². The summed E-state index contributed by atoms with van der Waals surface area (Å²) in [5, 5.41) is 2.17. The third-order valence-corrected chi connectivity index (χ3v) is 8.16. The van der Waals surface area contributed by atoms with Crippen molar-refractivity contribution in [3.63, 3.8) is 0 Å². The van der Waals surface area contributed by atoms with Crippen LogP contribution in [-0.4, -0.2) is 17.9 Å². The van der Waals surface area contributed by atoms with Crippen molar-refractivity contribution >= 4 is 54.9 Å². The van der Waals surface area contributed by atoms with Crippen LogP contribution < -0.4 is 5.69 Å². The van der Waals surface area contributed by atoms with Crippen molar-refractivity contribution in [1.29, 1.82) is 0 Å². The molecule has 3 aromatic heterocycles. The van der Waals surface area contributed by atoms with Crippen molar-refractivity contribution in [2.24, 2.45) is 0 Å². The van der Waals surface area contributed by atoms with Crippen LogP contribution in [0, 0.1) is 0 Å². The quantitative estimate of drug-likeness (QED) is 0.172. The van der Waals surface area contributed by atoms with E-state index in [0.29, 0.717) is 0 Å². The molecule has 0 spiro atoms. The molecule has 0 aliphatic rings. The first-order chi connectivity index (χ1) is 19.8. The number of rotatable bonds is 2. The smallest absolute Gasteiger partial charge is 0.306 e. The van der Waals surface area contributed by atoms with Gasteiger partial charge in [0.25, 0.3) is 0 Å². The monoisotopic (exact) mass is 514 g/mol. The van der Waals surface area contributed by atoms with Gasteiger partial charge in [-0.3, -0.25) is 8.80 Å². The van der Waals surface area contributed by atoms with Crippen molar-refractivity contribution in [2.75, 3.05) is 0 Å². The summed E-state index contributed by atoms with van der Waals surface area (Å²) in [5.74, 6) is 0. The van der Waals surface area contributed by atoms with Gasteiger partial charge in [0.05, 0.1) is 44.1 Å². The highest BCUT2D eigenvalue weighted by molar-refractivity contribution is 6.20. The Balaban J connectivity index is 1.65. The van der Waals surface area contributed by atoms with Gasteiger partial charge in [-0.1, -0.05) is 72.8 Å². The van der Waals surface area contributed by atoms with Crippen LogP contribution in [0.1, 0.15) is 0 Å². The van der Waals surface area contributed by atoms with Gasteiger partial charge in [0.2, 0.25) is 0 Å². The molecule has 0 aliphatic carbocycles. The normalized spacial score (nSPS) is 12.1. The third kappa shape index (κ3) is 2.63. The molecule has 0 amide bonds. The summed E-state index contributed by atoms with van der Waals surface area (Å²) in [7, 11) is 0. The van der Waals surface area contributed by atoms with E-state index in [2.05, 4.69) is 94.1 Å². The minimum Gasteiger partial charge on any atom is -0.306 e. The fourth-order valence-corrected chi connectivity index (χ4v) is 6.57. The number of para-hydroxylation sites is 6. The Bertz CT molecular complexity index is 2320. The van der Waals surface area contributed by atoms with Gasteiger partial charge in [-0.15, -0.1) is 0 Å². The topological polar surface area (TPSA) is 35.8 Å². The van der Waals surface area contributed by atoms with Crippen LogP contribution in [0.15, 0.2) is 138 Å². The molecule has 40 heavy (non-hydrogen) atoms. The molecule has 0 radical (unpaired) electrons. The van der Waals surface area contributed by atoms with Crippen LogP contribution in [0.3, 0.4) is 0 Å². The van der Waals surface area contributed by atoms with Crippen molar-refractivity contribution in [1.82, 2.24) is 17.9 Å². The number of hydrogen-bond donors (Lipinski definition) is 0. The highest BCUT2D eigenvalue weighted by atomic mass is 16.1. The average molecular weight is 515 g/mol. The lowest BCUT2D eigenvalue weighted by atomic mass is 10.0. The van der Waals surface area contributed by atoms with E-state index in [1.54, 1.807) is 0 Å². The SMILES string of the molecule is O=c1n2c3ccccc3n(-c3ccccc3)c3ccc4ccc5c(c4c32)n1c1ccccc1n5-c1ccccc1. The van der Waals surface area contributed by atoms with Crippen LogP contribution in [0.2, 0.25) is 0 Å². The van der Waals surface area contributed by atoms with E-state index in [1.807, 2.05) is 57.3 Å². The molecule has 3 heterocycles. The van der Waals surface area contributed by atoms with Crippen molar-refractivity contribution in [3.05, 3.63) is 144 Å². The molecule has 0 N–H and O–H groups in total. The number of benzene rings is 6. The maximum Gasteiger partial charge on any atom is 0.338 e. The van der Waals surface area contributed by atoms with E-state index in [-0.39, 0.29) is 5.69 Å². The second kappa shape index (κ2) is 7.74. The molecular weight excluding hydrogens is 492 g/mol. The largest absolute Gasteiger partial charge is 0.338 e. The molecule has 0 unspecified atom stereocenters. The van der Waals surface area contributed by atoms with Gasteiger partial charge in [-0.05, 0) is 66.0 Å². The van der Waals surface area contributed by atoms with Gasteiger partial charge >= 0.3 is 5.69 Å². The van der Waals surface area contributed by atoms with Crippen LogP contribution >= 0.6 is 0 Å². The van der Waals surface area contributed by atoms with Crippen molar-refractivity contribution < 1.29 is 0 Å². The number of fused-ring (bicyclic) bond motifs is 4. The Hall–Kier alpha value is -5.55. The van der Waals surface area contributed by atoms with Gasteiger partial charge in [-0.25, -0.2) is 4.79 Å². The van der Waals surface area contributed by atoms with Crippen molar-refractivity contribution in [3.8, 4) is 11.4 Å². The molecule has 5 nitrogen and oxygen atoms in total. The predicted octanol–water partition coefficient (Wildman–Crippen LogP) is 7.75. The summed E-state index contributed by atoms with van der Waals surface area (Å²) < 4.78 is 8.37. The van der Waals surface area contributed by atoms with Crippen LogP contribution in [0.4, 0.5) is 0 Å². The average Bonchev–Trinajstić information content (AvgIpc) is 3.02. The predicted molar refractivity (Wildman–Crippen MR) is 163 cm³/mol. The van der Waals surface area contributed by atoms with E-state index < -0.39 is 0 Å². The molecule has 0 fully saturated rings. The summed E-state index contributed by atoms with van der Waals surface area (Å²) in [5.41, 5.74) is 9.56. The highest BCUT2D eigenvalue weighted by Gasteiger charge is 2.23. The zero-order valence-electron chi connectivity index (χ0n) is 21.4. The molecule has 0 atom stereocenters. The lowest BCUT2D eigenvalue weighted by Crippen LogP contribution is -2.26. The summed E-state index contributed by atoms with van der Waals surface area (Å²) in [6.45, 7) is 0. The Labute approximate surface area is 228 Å². The van der Waals surface area contributed by atoms with E-state index in [9.17, 15) is 4.79 Å². The first-order valence-electron chi connectivity index (χ1n) is 13.4. The van der Waals surface area contributed by atoms with E-state index in [1.165, 1.54) is 0 Å². The second-order valence-electron chi connectivity index (χ2n) is 10.2. The Morgan fingerprint density at radius 1 is 0.375 bits per heavy atom. The van der Waals surface area contributed by atoms with Gasteiger partial charge in [0.1, 0.15) is 0 Å². The van der Waals surface area contributed by atoms with Gasteiger partial charge in [0, 0.05) is 16.8 Å². The molecule has 188 valence electrons. The molecular formula is C35H22N4O. The van der Waals surface area contributed by atoms with Gasteiger partial charge in [0.15, 0.2) is 0 Å². The molecule has 0 saturated heterocycles. The zero-order chi connectivity index (χ0) is 26.4. The molecule has 5 heteroatoms. The van der Waals surface area contributed by atoms with E-state index in [4.69, 9.17) is 0 Å². The number of nitrogens with zero attached hydrogens (tertiary/aromatic N) is 4. The first kappa shape index (κ1) is 21.4. The van der Waals surface area contributed by atoms with Gasteiger partial charge < -0.3 is 9.13 Å². The fraction of sp³-hybridized carbons (Fsp3) is 0. The lowest BCUT2D eigenvalue weighted by Gasteiger charge is -2.24. The minimum absolute atomic E-state index is 0.0750. The molecule has 0 saturated carbocycles. The van der Waals surface area contributed by atoms with Crippen molar-refractivity contribution in [2.45, 2.75) is 0 Å². The van der Waals surface area contributed by atoms with Crippen LogP contribution in [-0.2, 0) is 0 Å². The van der Waals surface area contributed by atoms with Crippen LogP contribution in [0.25, 0.3) is 66.3 Å². The molecule has 0 aliphatic heterocycles. The maximum atomic E-state index is 14.8. The van der Waals surface area contributed by atoms with E-state index in [0.717, 1.165) is 66.3 Å². The van der Waals surface area contributed by atoms with Gasteiger partial charge in [-0.2, -0.15) is 0 Å². The lowest BCUT2D eigenvalue weighted by molar-refractivity contribution is 0.975. The minimum atomic E-state index is -0.0750. The Kier molecular flexibility index (Phi) is 4.14. The summed E-state index contributed by atoms with van der Waals surface area (Å²) in [6.07, 6.45) is 0. The summed E-state index contributed by atoms with van der Waals surface area (Å²) in [4.78, 5) is 14.8.